The number of sulfonamides is 1. The average molecular weight is 175 g/mol. The highest BCUT2D eigenvalue weighted by molar-refractivity contribution is 7.88. The molecule has 0 fully saturated rings. The van der Waals surface area contributed by atoms with Crippen LogP contribution in [0.4, 0.5) is 0 Å². The Bertz CT molecular complexity index is 266. The minimum absolute atomic E-state index is 0.568. The quantitative estimate of drug-likeness (QED) is 0.547. The maximum absolute atomic E-state index is 11.0. The van der Waals surface area contributed by atoms with E-state index in [-0.39, 0.29) is 0 Å². The van der Waals surface area contributed by atoms with E-state index in [1.807, 2.05) is 6.92 Å². The summed E-state index contributed by atoms with van der Waals surface area (Å²) in [6.45, 7) is 3.16. The molecule has 0 bridgehead atoms. The Kier molecular flexibility index (Phi) is 2.34. The van der Waals surface area contributed by atoms with Gasteiger partial charge in [-0.2, -0.15) is 4.31 Å². The molecule has 0 radical (unpaired) electrons. The van der Waals surface area contributed by atoms with Gasteiger partial charge in [0.2, 0.25) is 10.0 Å². The van der Waals surface area contributed by atoms with E-state index in [2.05, 4.69) is 6.08 Å². The molecule has 0 N–H and O–H groups in total. The largest absolute Gasteiger partial charge is 0.212 e. The van der Waals surface area contributed by atoms with Crippen molar-refractivity contribution in [2.24, 2.45) is 0 Å². The molecule has 1 aliphatic heterocycles. The van der Waals surface area contributed by atoms with Crippen molar-refractivity contribution < 1.29 is 8.42 Å². The third-order valence-corrected chi connectivity index (χ3v) is 3.02. The van der Waals surface area contributed by atoms with Crippen LogP contribution in [0.5, 0.6) is 0 Å². The summed E-state index contributed by atoms with van der Waals surface area (Å²) in [5.41, 5.74) is 1.14. The average Bonchev–Trinajstić information content (AvgIpc) is 1.86. The van der Waals surface area contributed by atoms with E-state index in [0.29, 0.717) is 13.1 Å². The molecule has 0 aromatic rings. The number of nitrogens with zero attached hydrogens (tertiary/aromatic N) is 1. The van der Waals surface area contributed by atoms with Gasteiger partial charge in [0, 0.05) is 13.1 Å². The molecule has 0 saturated carbocycles. The third kappa shape index (κ3) is 2.31. The molecule has 0 unspecified atom stereocenters. The topological polar surface area (TPSA) is 37.4 Å². The van der Waals surface area contributed by atoms with Gasteiger partial charge in [-0.1, -0.05) is 11.6 Å². The monoisotopic (exact) mass is 175 g/mol. The van der Waals surface area contributed by atoms with E-state index >= 15 is 0 Å². The zero-order valence-electron chi connectivity index (χ0n) is 6.87. The fourth-order valence-electron chi connectivity index (χ4n) is 1.16. The lowest BCUT2D eigenvalue weighted by atomic mass is 10.2. The Morgan fingerprint density at radius 3 is 2.55 bits per heavy atom. The molecule has 0 amide bonds. The normalized spacial score (nSPS) is 21.5. The maximum atomic E-state index is 11.0. The predicted molar refractivity (Wildman–Crippen MR) is 44.8 cm³/mol. The second-order valence-corrected chi connectivity index (χ2v) is 4.92. The van der Waals surface area contributed by atoms with Crippen molar-refractivity contribution in [3.05, 3.63) is 11.6 Å². The standard InChI is InChI=1S/C7H13NO2S/c1-7-4-3-5-8(6-7)11(2,9)10/h4H,3,5-6H2,1-2H3. The number of hydrogen-bond donors (Lipinski definition) is 0. The first kappa shape index (κ1) is 8.74. The zero-order valence-corrected chi connectivity index (χ0v) is 7.69. The van der Waals surface area contributed by atoms with Crippen molar-refractivity contribution >= 4 is 10.0 Å². The molecule has 64 valence electrons. The number of rotatable bonds is 1. The van der Waals surface area contributed by atoms with Gasteiger partial charge in [0.25, 0.3) is 0 Å². The highest BCUT2D eigenvalue weighted by atomic mass is 32.2. The van der Waals surface area contributed by atoms with Crippen molar-refractivity contribution in [1.29, 1.82) is 0 Å². The Labute approximate surface area is 67.8 Å². The van der Waals surface area contributed by atoms with E-state index in [9.17, 15) is 8.42 Å². The van der Waals surface area contributed by atoms with Gasteiger partial charge in [-0.15, -0.1) is 0 Å². The van der Waals surface area contributed by atoms with Gasteiger partial charge in [0.15, 0.2) is 0 Å². The van der Waals surface area contributed by atoms with Gasteiger partial charge < -0.3 is 0 Å². The van der Waals surface area contributed by atoms with Crippen LogP contribution in [0.25, 0.3) is 0 Å². The third-order valence-electron chi connectivity index (χ3n) is 1.77. The summed E-state index contributed by atoms with van der Waals surface area (Å²) in [6.07, 6.45) is 4.19. The molecule has 0 atom stereocenters. The van der Waals surface area contributed by atoms with Gasteiger partial charge in [-0.05, 0) is 13.3 Å². The van der Waals surface area contributed by atoms with E-state index in [1.54, 1.807) is 0 Å². The van der Waals surface area contributed by atoms with Crippen LogP contribution in [0.15, 0.2) is 11.6 Å². The van der Waals surface area contributed by atoms with Crippen molar-refractivity contribution in [3.63, 3.8) is 0 Å². The van der Waals surface area contributed by atoms with Crippen molar-refractivity contribution in [2.45, 2.75) is 13.3 Å². The van der Waals surface area contributed by atoms with Gasteiger partial charge >= 0.3 is 0 Å². The highest BCUT2D eigenvalue weighted by Gasteiger charge is 2.18. The molecule has 11 heavy (non-hydrogen) atoms. The maximum Gasteiger partial charge on any atom is 0.211 e. The fraction of sp³-hybridized carbons (Fsp3) is 0.714. The van der Waals surface area contributed by atoms with Gasteiger partial charge in [0.1, 0.15) is 0 Å². The number of hydrogen-bond acceptors (Lipinski definition) is 2. The molecule has 0 aromatic carbocycles. The fourth-order valence-corrected chi connectivity index (χ4v) is 2.03. The van der Waals surface area contributed by atoms with Gasteiger partial charge in [-0.3, -0.25) is 0 Å². The van der Waals surface area contributed by atoms with Crippen LogP contribution in [0.3, 0.4) is 0 Å². The van der Waals surface area contributed by atoms with Crippen LogP contribution in [0, 0.1) is 0 Å². The van der Waals surface area contributed by atoms with Crippen LogP contribution in [-0.4, -0.2) is 32.1 Å². The second kappa shape index (κ2) is 2.95. The second-order valence-electron chi connectivity index (χ2n) is 2.94. The van der Waals surface area contributed by atoms with Crippen LogP contribution in [0.2, 0.25) is 0 Å². The summed E-state index contributed by atoms with van der Waals surface area (Å²) in [5.74, 6) is 0. The van der Waals surface area contributed by atoms with E-state index in [4.69, 9.17) is 0 Å². The summed E-state index contributed by atoms with van der Waals surface area (Å²) in [6, 6.07) is 0. The Hall–Kier alpha value is -0.350. The Morgan fingerprint density at radius 2 is 2.18 bits per heavy atom. The molecule has 4 heteroatoms. The molecule has 1 heterocycles. The van der Waals surface area contributed by atoms with Crippen molar-refractivity contribution in [2.75, 3.05) is 19.3 Å². The van der Waals surface area contributed by atoms with Crippen molar-refractivity contribution in [1.82, 2.24) is 4.31 Å². The molecule has 3 nitrogen and oxygen atoms in total. The Balaban J connectivity index is 2.73. The predicted octanol–water partition coefficient (Wildman–Crippen LogP) is 0.598. The first-order valence-electron chi connectivity index (χ1n) is 3.61. The molecule has 0 saturated heterocycles. The van der Waals surface area contributed by atoms with E-state index in [0.717, 1.165) is 12.0 Å². The smallest absolute Gasteiger partial charge is 0.211 e. The van der Waals surface area contributed by atoms with Crippen LogP contribution < -0.4 is 0 Å². The molecule has 0 spiro atoms. The summed E-state index contributed by atoms with van der Waals surface area (Å²) in [7, 11) is -2.97. The summed E-state index contributed by atoms with van der Waals surface area (Å²) in [4.78, 5) is 0. The first-order chi connectivity index (χ1) is 5.00. The lowest BCUT2D eigenvalue weighted by Gasteiger charge is -2.23. The van der Waals surface area contributed by atoms with Crippen LogP contribution >= 0.6 is 0 Å². The van der Waals surface area contributed by atoms with E-state index in [1.165, 1.54) is 10.6 Å². The van der Waals surface area contributed by atoms with E-state index < -0.39 is 10.0 Å². The highest BCUT2D eigenvalue weighted by Crippen LogP contribution is 2.11. The van der Waals surface area contributed by atoms with Crippen LogP contribution in [-0.2, 0) is 10.0 Å². The minimum Gasteiger partial charge on any atom is -0.212 e. The van der Waals surface area contributed by atoms with Crippen LogP contribution in [0.1, 0.15) is 13.3 Å². The summed E-state index contributed by atoms with van der Waals surface area (Å²) < 4.78 is 23.6. The minimum atomic E-state index is -2.97. The molecular weight excluding hydrogens is 162 g/mol. The molecular formula is C7H13NO2S. The summed E-state index contributed by atoms with van der Waals surface area (Å²) in [5, 5.41) is 0. The Morgan fingerprint density at radius 1 is 1.55 bits per heavy atom. The van der Waals surface area contributed by atoms with Gasteiger partial charge in [0.05, 0.1) is 6.26 Å². The molecule has 0 aliphatic carbocycles. The lowest BCUT2D eigenvalue weighted by Crippen LogP contribution is -2.34. The molecule has 0 aromatic heterocycles. The van der Waals surface area contributed by atoms with Gasteiger partial charge in [-0.25, -0.2) is 8.42 Å². The molecule has 1 aliphatic rings. The lowest BCUT2D eigenvalue weighted by molar-refractivity contribution is 0.432. The SMILES string of the molecule is CC1=CCCN(S(C)(=O)=O)C1. The first-order valence-corrected chi connectivity index (χ1v) is 5.46. The zero-order chi connectivity index (χ0) is 8.48. The molecule has 1 rings (SSSR count). The van der Waals surface area contributed by atoms with Crippen molar-refractivity contribution in [3.8, 4) is 0 Å². The summed E-state index contributed by atoms with van der Waals surface area (Å²) >= 11 is 0.